The minimum absolute atomic E-state index is 0.402. The fraction of sp³-hybridized carbons (Fsp3) is 0.900. The van der Waals surface area contributed by atoms with Gasteiger partial charge in [0.1, 0.15) is 0 Å². The topological polar surface area (TPSA) is 46.5 Å². The van der Waals surface area contributed by atoms with Crippen LogP contribution in [0.2, 0.25) is 0 Å². The minimum atomic E-state index is -0.684. The van der Waals surface area contributed by atoms with Crippen LogP contribution in [0.3, 0.4) is 0 Å². The maximum atomic E-state index is 11.1. The molecule has 0 radical (unpaired) electrons. The van der Waals surface area contributed by atoms with Crippen LogP contribution in [0.5, 0.6) is 0 Å². The molecule has 1 aliphatic heterocycles. The van der Waals surface area contributed by atoms with E-state index in [1.165, 1.54) is 0 Å². The number of aliphatic carboxylic acids is 1. The second-order valence-corrected chi connectivity index (χ2v) is 5.08. The molecule has 0 aliphatic carbocycles. The van der Waals surface area contributed by atoms with Gasteiger partial charge in [0.2, 0.25) is 0 Å². The molecule has 0 aromatic carbocycles. The number of ether oxygens (including phenoxy) is 1. The van der Waals surface area contributed by atoms with E-state index in [1.807, 2.05) is 11.8 Å². The van der Waals surface area contributed by atoms with Crippen LogP contribution in [0.15, 0.2) is 0 Å². The normalized spacial score (nSPS) is 26.6. The summed E-state index contributed by atoms with van der Waals surface area (Å²) < 4.78 is 5.19. The number of hydrogen-bond donors (Lipinski definition) is 1. The van der Waals surface area contributed by atoms with E-state index < -0.39 is 11.4 Å². The second kappa shape index (κ2) is 5.61. The van der Waals surface area contributed by atoms with Gasteiger partial charge >= 0.3 is 5.97 Å². The van der Waals surface area contributed by atoms with Crippen molar-refractivity contribution in [1.29, 1.82) is 0 Å². The number of thioether (sulfide) groups is 1. The first-order valence-corrected chi connectivity index (χ1v) is 6.25. The summed E-state index contributed by atoms with van der Waals surface area (Å²) in [6, 6.07) is 0. The molecule has 1 rings (SSSR count). The zero-order valence-electron chi connectivity index (χ0n) is 8.62. The highest BCUT2D eigenvalue weighted by Gasteiger charge is 2.41. The van der Waals surface area contributed by atoms with Gasteiger partial charge in [-0.05, 0) is 30.8 Å². The lowest BCUT2D eigenvalue weighted by Gasteiger charge is -2.21. The van der Waals surface area contributed by atoms with E-state index in [1.54, 1.807) is 0 Å². The highest BCUT2D eigenvalue weighted by molar-refractivity contribution is 7.99. The highest BCUT2D eigenvalue weighted by Crippen LogP contribution is 2.34. The Morgan fingerprint density at radius 1 is 1.64 bits per heavy atom. The summed E-state index contributed by atoms with van der Waals surface area (Å²) in [7, 11) is 0. The molecule has 0 aromatic rings. The van der Waals surface area contributed by atoms with Gasteiger partial charge in [-0.2, -0.15) is 11.8 Å². The SMILES string of the molecule is CCSCCCC1(C(=O)O)CCOC1. The molecular formula is C10H18O3S. The van der Waals surface area contributed by atoms with Crippen LogP contribution >= 0.6 is 11.8 Å². The first-order valence-electron chi connectivity index (χ1n) is 5.10. The average molecular weight is 218 g/mol. The van der Waals surface area contributed by atoms with E-state index >= 15 is 0 Å². The van der Waals surface area contributed by atoms with Crippen molar-refractivity contribution >= 4 is 17.7 Å². The predicted molar refractivity (Wildman–Crippen MR) is 57.7 cm³/mol. The van der Waals surface area contributed by atoms with Crippen molar-refractivity contribution in [3.05, 3.63) is 0 Å². The van der Waals surface area contributed by atoms with Crippen molar-refractivity contribution in [2.45, 2.75) is 26.2 Å². The zero-order valence-corrected chi connectivity index (χ0v) is 9.44. The summed E-state index contributed by atoms with van der Waals surface area (Å²) in [6.07, 6.45) is 2.42. The molecule has 1 unspecified atom stereocenters. The van der Waals surface area contributed by atoms with E-state index in [9.17, 15) is 4.79 Å². The van der Waals surface area contributed by atoms with Crippen LogP contribution in [0, 0.1) is 5.41 Å². The van der Waals surface area contributed by atoms with Crippen LogP contribution in [0.25, 0.3) is 0 Å². The molecule has 1 fully saturated rings. The van der Waals surface area contributed by atoms with Crippen molar-refractivity contribution in [3.63, 3.8) is 0 Å². The van der Waals surface area contributed by atoms with Gasteiger partial charge in [-0.25, -0.2) is 0 Å². The highest BCUT2D eigenvalue weighted by atomic mass is 32.2. The first-order chi connectivity index (χ1) is 6.71. The molecule has 0 amide bonds. The Hall–Kier alpha value is -0.220. The molecule has 1 aliphatic rings. The molecule has 0 bridgehead atoms. The van der Waals surface area contributed by atoms with Gasteiger partial charge in [0, 0.05) is 6.61 Å². The van der Waals surface area contributed by atoms with Crippen LogP contribution in [0.1, 0.15) is 26.2 Å². The number of carbonyl (C=O) groups is 1. The van der Waals surface area contributed by atoms with Crippen molar-refractivity contribution in [2.75, 3.05) is 24.7 Å². The Kier molecular flexibility index (Phi) is 4.75. The Balaban J connectivity index is 2.33. The van der Waals surface area contributed by atoms with Gasteiger partial charge in [-0.1, -0.05) is 6.92 Å². The zero-order chi connectivity index (χ0) is 10.4. The van der Waals surface area contributed by atoms with Gasteiger partial charge in [-0.15, -0.1) is 0 Å². The molecule has 0 saturated carbocycles. The van der Waals surface area contributed by atoms with Crippen molar-refractivity contribution in [2.24, 2.45) is 5.41 Å². The summed E-state index contributed by atoms with van der Waals surface area (Å²) in [6.45, 7) is 3.13. The standard InChI is InChI=1S/C10H18O3S/c1-2-14-7-3-4-10(9(11)12)5-6-13-8-10/h2-8H2,1H3,(H,11,12). The Morgan fingerprint density at radius 2 is 2.43 bits per heavy atom. The van der Waals surface area contributed by atoms with Gasteiger partial charge < -0.3 is 9.84 Å². The fourth-order valence-corrected chi connectivity index (χ4v) is 2.37. The largest absolute Gasteiger partial charge is 0.481 e. The molecule has 1 heterocycles. The molecule has 4 heteroatoms. The number of rotatable bonds is 6. The lowest BCUT2D eigenvalue weighted by atomic mass is 9.83. The Bertz CT molecular complexity index is 188. The van der Waals surface area contributed by atoms with E-state index in [4.69, 9.17) is 9.84 Å². The molecule has 3 nitrogen and oxygen atoms in total. The van der Waals surface area contributed by atoms with Crippen LogP contribution in [-0.2, 0) is 9.53 Å². The maximum Gasteiger partial charge on any atom is 0.312 e. The smallest absolute Gasteiger partial charge is 0.312 e. The lowest BCUT2D eigenvalue weighted by Crippen LogP contribution is -2.31. The number of carboxylic acids is 1. The molecule has 82 valence electrons. The van der Waals surface area contributed by atoms with Crippen LogP contribution in [0.4, 0.5) is 0 Å². The molecule has 0 aromatic heterocycles. The molecule has 14 heavy (non-hydrogen) atoms. The van der Waals surface area contributed by atoms with E-state index in [2.05, 4.69) is 6.92 Å². The fourth-order valence-electron chi connectivity index (χ4n) is 1.74. The van der Waals surface area contributed by atoms with E-state index in [-0.39, 0.29) is 0 Å². The lowest BCUT2D eigenvalue weighted by molar-refractivity contribution is -0.149. The number of hydrogen-bond acceptors (Lipinski definition) is 3. The van der Waals surface area contributed by atoms with Crippen molar-refractivity contribution < 1.29 is 14.6 Å². The summed E-state index contributed by atoms with van der Waals surface area (Å²) in [4.78, 5) is 11.1. The molecule has 0 spiro atoms. The summed E-state index contributed by atoms with van der Waals surface area (Å²) in [5, 5.41) is 9.13. The average Bonchev–Trinajstić information content (AvgIpc) is 2.62. The van der Waals surface area contributed by atoms with Crippen molar-refractivity contribution in [1.82, 2.24) is 0 Å². The van der Waals surface area contributed by atoms with Crippen LogP contribution in [-0.4, -0.2) is 35.8 Å². The van der Waals surface area contributed by atoms with Gasteiger partial charge in [0.15, 0.2) is 0 Å². The summed E-state index contributed by atoms with van der Waals surface area (Å²) >= 11 is 1.87. The Morgan fingerprint density at radius 3 is 2.93 bits per heavy atom. The van der Waals surface area contributed by atoms with Crippen molar-refractivity contribution in [3.8, 4) is 0 Å². The molecular weight excluding hydrogens is 200 g/mol. The predicted octanol–water partition coefficient (Wildman–Crippen LogP) is 2.01. The third-order valence-electron chi connectivity index (χ3n) is 2.71. The minimum Gasteiger partial charge on any atom is -0.481 e. The quantitative estimate of drug-likeness (QED) is 0.693. The number of carboxylic acid groups (broad SMARTS) is 1. The second-order valence-electron chi connectivity index (χ2n) is 3.69. The first kappa shape index (κ1) is 11.9. The Labute approximate surface area is 89.2 Å². The maximum absolute atomic E-state index is 11.1. The van der Waals surface area contributed by atoms with Gasteiger partial charge in [-0.3, -0.25) is 4.79 Å². The van der Waals surface area contributed by atoms with Gasteiger partial charge in [0.05, 0.1) is 12.0 Å². The monoisotopic (exact) mass is 218 g/mol. The summed E-state index contributed by atoms with van der Waals surface area (Å²) in [5.41, 5.74) is -0.575. The third-order valence-corrected chi connectivity index (χ3v) is 3.69. The van der Waals surface area contributed by atoms with E-state index in [0.29, 0.717) is 19.6 Å². The molecule has 1 atom stereocenters. The molecule has 1 N–H and O–H groups in total. The summed E-state index contributed by atoms with van der Waals surface area (Å²) in [5.74, 6) is 1.48. The third kappa shape index (κ3) is 2.89. The van der Waals surface area contributed by atoms with Gasteiger partial charge in [0.25, 0.3) is 0 Å². The molecule has 1 saturated heterocycles. The van der Waals surface area contributed by atoms with E-state index in [0.717, 1.165) is 24.3 Å². The van der Waals surface area contributed by atoms with Crippen LogP contribution < -0.4 is 0 Å².